The smallest absolute Gasteiger partial charge is 0.264 e. The summed E-state index contributed by atoms with van der Waals surface area (Å²) in [5.74, 6) is 0.723. The van der Waals surface area contributed by atoms with Gasteiger partial charge in [0.25, 0.3) is 15.9 Å². The molecule has 0 saturated heterocycles. The summed E-state index contributed by atoms with van der Waals surface area (Å²) in [5, 5.41) is 4.00. The first-order valence-electron chi connectivity index (χ1n) is 10.9. The Kier molecular flexibility index (Phi) is 8.14. The van der Waals surface area contributed by atoms with E-state index in [1.165, 1.54) is 18.3 Å². The summed E-state index contributed by atoms with van der Waals surface area (Å²) >= 11 is 3.36. The van der Waals surface area contributed by atoms with Crippen LogP contribution >= 0.6 is 15.9 Å². The lowest BCUT2D eigenvalue weighted by Crippen LogP contribution is -2.39. The summed E-state index contributed by atoms with van der Waals surface area (Å²) in [4.78, 5) is 12.8. The minimum absolute atomic E-state index is 0.0801. The van der Waals surface area contributed by atoms with Gasteiger partial charge in [-0.25, -0.2) is 13.8 Å². The number of para-hydroxylation sites is 1. The van der Waals surface area contributed by atoms with Crippen molar-refractivity contribution in [2.45, 2.75) is 4.90 Å². The average molecular weight is 564 g/mol. The van der Waals surface area contributed by atoms with Crippen LogP contribution in [0, 0.1) is 0 Å². The Morgan fingerprint density at radius 3 is 2.25 bits per heavy atom. The minimum Gasteiger partial charge on any atom is -0.457 e. The molecule has 0 unspecified atom stereocenters. The zero-order valence-corrected chi connectivity index (χ0v) is 21.4. The first-order chi connectivity index (χ1) is 17.4. The normalized spacial score (nSPS) is 11.2. The maximum Gasteiger partial charge on any atom is 0.264 e. The van der Waals surface area contributed by atoms with Crippen molar-refractivity contribution in [3.8, 4) is 11.5 Å². The van der Waals surface area contributed by atoms with Gasteiger partial charge >= 0.3 is 0 Å². The number of hydrazone groups is 1. The third-order valence-electron chi connectivity index (χ3n) is 4.95. The number of anilines is 1. The Morgan fingerprint density at radius 2 is 1.53 bits per heavy atom. The van der Waals surface area contributed by atoms with Gasteiger partial charge in [0.15, 0.2) is 0 Å². The van der Waals surface area contributed by atoms with Crippen molar-refractivity contribution in [2.24, 2.45) is 5.10 Å². The molecule has 0 aromatic heterocycles. The maximum atomic E-state index is 13.3. The van der Waals surface area contributed by atoms with Crippen LogP contribution in [0.3, 0.4) is 0 Å². The number of nitrogens with zero attached hydrogens (tertiary/aromatic N) is 2. The molecule has 0 fully saturated rings. The summed E-state index contributed by atoms with van der Waals surface area (Å²) in [6, 6.07) is 31.3. The fourth-order valence-corrected chi connectivity index (χ4v) is 5.11. The third-order valence-corrected chi connectivity index (χ3v) is 7.24. The number of hydrogen-bond acceptors (Lipinski definition) is 5. The van der Waals surface area contributed by atoms with E-state index in [2.05, 4.69) is 26.5 Å². The molecule has 0 bridgehead atoms. The van der Waals surface area contributed by atoms with Crippen molar-refractivity contribution in [2.75, 3.05) is 10.8 Å². The van der Waals surface area contributed by atoms with Gasteiger partial charge in [-0.2, -0.15) is 5.10 Å². The van der Waals surface area contributed by atoms with Crippen molar-refractivity contribution in [1.29, 1.82) is 0 Å². The number of ether oxygens (including phenoxy) is 1. The molecule has 36 heavy (non-hydrogen) atoms. The number of sulfonamides is 1. The lowest BCUT2D eigenvalue weighted by Gasteiger charge is -2.23. The molecule has 182 valence electrons. The highest BCUT2D eigenvalue weighted by Gasteiger charge is 2.27. The predicted molar refractivity (Wildman–Crippen MR) is 144 cm³/mol. The number of nitrogens with one attached hydrogen (secondary N) is 1. The van der Waals surface area contributed by atoms with Crippen LogP contribution in [0.2, 0.25) is 0 Å². The van der Waals surface area contributed by atoms with E-state index in [4.69, 9.17) is 4.74 Å². The highest BCUT2D eigenvalue weighted by molar-refractivity contribution is 9.10. The number of carbonyl (C=O) groups excluding carboxylic acids is 1. The van der Waals surface area contributed by atoms with E-state index >= 15 is 0 Å². The Labute approximate surface area is 218 Å². The molecular formula is C27H22BrN3O4S. The number of amides is 1. The Hall–Kier alpha value is -3.95. The molecule has 9 heteroatoms. The van der Waals surface area contributed by atoms with Crippen LogP contribution in [0.15, 0.2) is 124 Å². The van der Waals surface area contributed by atoms with Crippen LogP contribution in [0.4, 0.5) is 5.69 Å². The third kappa shape index (κ3) is 6.59. The second-order valence-corrected chi connectivity index (χ2v) is 10.4. The first kappa shape index (κ1) is 25.2. The van der Waals surface area contributed by atoms with Crippen molar-refractivity contribution in [1.82, 2.24) is 5.43 Å². The van der Waals surface area contributed by atoms with E-state index < -0.39 is 22.5 Å². The Bertz CT molecular complexity index is 1460. The molecular weight excluding hydrogens is 542 g/mol. The molecule has 4 rings (SSSR count). The fourth-order valence-electron chi connectivity index (χ4n) is 3.29. The van der Waals surface area contributed by atoms with Crippen molar-refractivity contribution >= 4 is 43.8 Å². The second-order valence-electron chi connectivity index (χ2n) is 7.59. The number of hydrogen-bond donors (Lipinski definition) is 1. The van der Waals surface area contributed by atoms with Crippen LogP contribution < -0.4 is 14.5 Å². The molecule has 0 spiro atoms. The van der Waals surface area contributed by atoms with Crippen LogP contribution in [0.5, 0.6) is 11.5 Å². The molecule has 4 aromatic carbocycles. The lowest BCUT2D eigenvalue weighted by atomic mass is 10.2. The zero-order valence-electron chi connectivity index (χ0n) is 19.0. The van der Waals surface area contributed by atoms with Crippen molar-refractivity contribution in [3.63, 3.8) is 0 Å². The lowest BCUT2D eigenvalue weighted by molar-refractivity contribution is -0.119. The summed E-state index contributed by atoms with van der Waals surface area (Å²) in [6.07, 6.45) is 1.46. The molecule has 0 aliphatic heterocycles. The van der Waals surface area contributed by atoms with E-state index in [9.17, 15) is 13.2 Å². The van der Waals surface area contributed by atoms with Gasteiger partial charge < -0.3 is 4.74 Å². The first-order valence-corrected chi connectivity index (χ1v) is 13.1. The van der Waals surface area contributed by atoms with Gasteiger partial charge in [-0.05, 0) is 60.2 Å². The summed E-state index contributed by atoms with van der Waals surface area (Å²) < 4.78 is 34.2. The topological polar surface area (TPSA) is 88.1 Å². The molecule has 0 radical (unpaired) electrons. The van der Waals surface area contributed by atoms with E-state index in [1.807, 2.05) is 42.5 Å². The van der Waals surface area contributed by atoms with Gasteiger partial charge in [0.2, 0.25) is 0 Å². The summed E-state index contributed by atoms with van der Waals surface area (Å²) in [5.41, 5.74) is 3.45. The monoisotopic (exact) mass is 563 g/mol. The number of benzene rings is 4. The van der Waals surface area contributed by atoms with Gasteiger partial charge in [-0.1, -0.05) is 70.5 Å². The molecule has 0 aliphatic carbocycles. The maximum absolute atomic E-state index is 13.3. The predicted octanol–water partition coefficient (Wildman–Crippen LogP) is 5.59. The standard InChI is InChI=1S/C27H22BrN3O4S/c28-22-10-8-11-23(18-22)31(36(33,34)26-15-5-2-6-16-26)20-27(32)30-29-19-21-9-7-14-25(17-21)35-24-12-3-1-4-13-24/h1-19H,20H2,(H,30,32). The molecule has 4 aromatic rings. The molecule has 0 saturated carbocycles. The van der Waals surface area contributed by atoms with Crippen molar-refractivity contribution < 1.29 is 17.9 Å². The zero-order chi connectivity index (χ0) is 25.4. The average Bonchev–Trinajstić information content (AvgIpc) is 2.88. The van der Waals surface area contributed by atoms with Crippen LogP contribution in [0.25, 0.3) is 0 Å². The molecule has 1 N–H and O–H groups in total. The van der Waals surface area contributed by atoms with Gasteiger partial charge in [-0.3, -0.25) is 9.10 Å². The second kappa shape index (κ2) is 11.7. The van der Waals surface area contributed by atoms with Gasteiger partial charge in [0.05, 0.1) is 16.8 Å². The van der Waals surface area contributed by atoms with Crippen molar-refractivity contribution in [3.05, 3.63) is 119 Å². The van der Waals surface area contributed by atoms with Gasteiger partial charge in [0.1, 0.15) is 18.0 Å². The molecule has 0 atom stereocenters. The molecule has 0 heterocycles. The van der Waals surface area contributed by atoms with E-state index in [0.717, 1.165) is 4.31 Å². The van der Waals surface area contributed by atoms with E-state index in [-0.39, 0.29) is 4.90 Å². The summed E-state index contributed by atoms with van der Waals surface area (Å²) in [7, 11) is -4.00. The molecule has 0 aliphatic rings. The summed E-state index contributed by atoms with van der Waals surface area (Å²) in [6.45, 7) is -0.456. The van der Waals surface area contributed by atoms with Gasteiger partial charge in [0, 0.05) is 4.47 Å². The Balaban J connectivity index is 1.48. The van der Waals surface area contributed by atoms with E-state index in [0.29, 0.717) is 27.2 Å². The SMILES string of the molecule is O=C(CN(c1cccc(Br)c1)S(=O)(=O)c1ccccc1)NN=Cc1cccc(Oc2ccccc2)c1. The number of halogens is 1. The quantitative estimate of drug-likeness (QED) is 0.212. The largest absolute Gasteiger partial charge is 0.457 e. The Morgan fingerprint density at radius 1 is 0.861 bits per heavy atom. The highest BCUT2D eigenvalue weighted by Crippen LogP contribution is 2.26. The molecule has 1 amide bonds. The van der Waals surface area contributed by atoms with Crippen LogP contribution in [0.1, 0.15) is 5.56 Å². The van der Waals surface area contributed by atoms with Crippen LogP contribution in [-0.2, 0) is 14.8 Å². The molecule has 7 nitrogen and oxygen atoms in total. The highest BCUT2D eigenvalue weighted by atomic mass is 79.9. The minimum atomic E-state index is -4.00. The van der Waals surface area contributed by atoms with E-state index in [1.54, 1.807) is 54.6 Å². The number of carbonyl (C=O) groups is 1. The van der Waals surface area contributed by atoms with Crippen LogP contribution in [-0.4, -0.2) is 27.1 Å². The fraction of sp³-hybridized carbons (Fsp3) is 0.0370. The number of rotatable bonds is 9. The van der Waals surface area contributed by atoms with Gasteiger partial charge in [-0.15, -0.1) is 0 Å².